The van der Waals surface area contributed by atoms with Crippen molar-refractivity contribution in [1.82, 2.24) is 4.98 Å². The number of aromatic nitrogens is 1. The molecule has 1 heterocycles. The minimum absolute atomic E-state index is 0.173. The molecule has 1 aliphatic rings. The zero-order valence-corrected chi connectivity index (χ0v) is 9.39. The number of carboxylic acids is 1. The molecule has 16 heavy (non-hydrogen) atoms. The maximum atomic E-state index is 10.6. The van der Waals surface area contributed by atoms with Crippen LogP contribution >= 0.6 is 0 Å². The first-order valence-corrected chi connectivity index (χ1v) is 5.59. The highest BCUT2D eigenvalue weighted by Crippen LogP contribution is 2.30. The van der Waals surface area contributed by atoms with Crippen molar-refractivity contribution in [3.05, 3.63) is 23.9 Å². The molecule has 0 amide bonds. The van der Waals surface area contributed by atoms with Crippen LogP contribution in [0.3, 0.4) is 0 Å². The van der Waals surface area contributed by atoms with Gasteiger partial charge in [0.25, 0.3) is 0 Å². The Balaban J connectivity index is 2.09. The second-order valence-corrected chi connectivity index (χ2v) is 4.21. The molecule has 0 unspecified atom stereocenters. The van der Waals surface area contributed by atoms with Gasteiger partial charge < -0.3 is 10.0 Å². The second-order valence-electron chi connectivity index (χ2n) is 4.21. The molecule has 1 aliphatic carbocycles. The normalized spacial score (nSPS) is 14.8. The van der Waals surface area contributed by atoms with Crippen LogP contribution in [-0.2, 0) is 4.79 Å². The fraction of sp³-hybridized carbons (Fsp3) is 0.500. The van der Waals surface area contributed by atoms with E-state index < -0.39 is 5.97 Å². The van der Waals surface area contributed by atoms with Crippen LogP contribution in [-0.4, -0.2) is 28.6 Å². The van der Waals surface area contributed by atoms with E-state index in [2.05, 4.69) is 9.88 Å². The maximum Gasteiger partial charge on any atom is 0.305 e. The van der Waals surface area contributed by atoms with E-state index in [1.807, 2.05) is 25.1 Å². The maximum absolute atomic E-state index is 10.6. The van der Waals surface area contributed by atoms with Crippen molar-refractivity contribution in [1.29, 1.82) is 0 Å². The number of aliphatic carboxylic acids is 1. The van der Waals surface area contributed by atoms with Crippen LogP contribution in [0.15, 0.2) is 18.2 Å². The lowest BCUT2D eigenvalue weighted by Crippen LogP contribution is -2.29. The summed E-state index contributed by atoms with van der Waals surface area (Å²) in [4.78, 5) is 17.2. The highest BCUT2D eigenvalue weighted by atomic mass is 16.4. The van der Waals surface area contributed by atoms with Crippen molar-refractivity contribution < 1.29 is 9.90 Å². The molecule has 0 bridgehead atoms. The van der Waals surface area contributed by atoms with Crippen molar-refractivity contribution in [2.75, 3.05) is 11.4 Å². The number of carboxylic acid groups (broad SMARTS) is 1. The van der Waals surface area contributed by atoms with Gasteiger partial charge in [-0.3, -0.25) is 4.79 Å². The van der Waals surface area contributed by atoms with E-state index >= 15 is 0 Å². The van der Waals surface area contributed by atoms with Gasteiger partial charge in [0.1, 0.15) is 5.82 Å². The third-order valence-corrected chi connectivity index (χ3v) is 2.72. The quantitative estimate of drug-likeness (QED) is 0.822. The summed E-state index contributed by atoms with van der Waals surface area (Å²) in [7, 11) is 0. The van der Waals surface area contributed by atoms with Gasteiger partial charge in [0.05, 0.1) is 6.42 Å². The number of hydrogen-bond donors (Lipinski definition) is 1. The average Bonchev–Trinajstić information content (AvgIpc) is 3.02. The largest absolute Gasteiger partial charge is 0.481 e. The molecular formula is C12H16N2O2. The molecule has 1 aromatic heterocycles. The molecule has 2 rings (SSSR count). The molecule has 1 aromatic rings. The number of nitrogens with zero attached hydrogens (tertiary/aromatic N) is 2. The van der Waals surface area contributed by atoms with Crippen molar-refractivity contribution in [3.8, 4) is 0 Å². The van der Waals surface area contributed by atoms with Crippen molar-refractivity contribution >= 4 is 11.8 Å². The summed E-state index contributed by atoms with van der Waals surface area (Å²) in [5, 5.41) is 8.72. The van der Waals surface area contributed by atoms with Crippen LogP contribution in [0.1, 0.15) is 25.0 Å². The van der Waals surface area contributed by atoms with Gasteiger partial charge in [0.2, 0.25) is 0 Å². The van der Waals surface area contributed by atoms with Crippen LogP contribution in [0.4, 0.5) is 5.82 Å². The van der Waals surface area contributed by atoms with Gasteiger partial charge >= 0.3 is 5.97 Å². The summed E-state index contributed by atoms with van der Waals surface area (Å²) in [6, 6.07) is 6.36. The fourth-order valence-electron chi connectivity index (χ4n) is 1.78. The molecule has 0 aliphatic heterocycles. The summed E-state index contributed by atoms with van der Waals surface area (Å²) in [6.07, 6.45) is 2.47. The van der Waals surface area contributed by atoms with E-state index in [1.54, 1.807) is 0 Å². The molecule has 0 saturated heterocycles. The van der Waals surface area contributed by atoms with Crippen molar-refractivity contribution in [3.63, 3.8) is 0 Å². The molecule has 0 spiro atoms. The molecule has 4 nitrogen and oxygen atoms in total. The summed E-state index contributed by atoms with van der Waals surface area (Å²) in [5.41, 5.74) is 0.971. The van der Waals surface area contributed by atoms with Gasteiger partial charge in [-0.25, -0.2) is 4.98 Å². The number of aryl methyl sites for hydroxylation is 1. The molecule has 86 valence electrons. The van der Waals surface area contributed by atoms with E-state index in [0.717, 1.165) is 24.4 Å². The molecule has 0 atom stereocenters. The van der Waals surface area contributed by atoms with Gasteiger partial charge in [0.15, 0.2) is 0 Å². The highest BCUT2D eigenvalue weighted by molar-refractivity contribution is 5.67. The third kappa shape index (κ3) is 2.72. The van der Waals surface area contributed by atoms with Crippen LogP contribution in [0, 0.1) is 6.92 Å². The van der Waals surface area contributed by atoms with Crippen LogP contribution in [0.25, 0.3) is 0 Å². The Labute approximate surface area is 94.9 Å². The molecule has 4 heteroatoms. The predicted octanol–water partition coefficient (Wildman–Crippen LogP) is 1.83. The summed E-state index contributed by atoms with van der Waals surface area (Å²) >= 11 is 0. The average molecular weight is 220 g/mol. The monoisotopic (exact) mass is 220 g/mol. The van der Waals surface area contributed by atoms with Crippen molar-refractivity contribution in [2.45, 2.75) is 32.2 Å². The third-order valence-electron chi connectivity index (χ3n) is 2.72. The van der Waals surface area contributed by atoms with Gasteiger partial charge in [-0.05, 0) is 31.9 Å². The van der Waals surface area contributed by atoms with E-state index in [9.17, 15) is 4.79 Å². The van der Waals surface area contributed by atoms with Crippen LogP contribution < -0.4 is 4.90 Å². The van der Waals surface area contributed by atoms with Crippen LogP contribution in [0.5, 0.6) is 0 Å². The molecule has 1 saturated carbocycles. The molecule has 0 aromatic carbocycles. The number of anilines is 1. The summed E-state index contributed by atoms with van der Waals surface area (Å²) < 4.78 is 0. The first kappa shape index (κ1) is 10.9. The minimum atomic E-state index is -0.752. The van der Waals surface area contributed by atoms with E-state index in [1.165, 1.54) is 0 Å². The van der Waals surface area contributed by atoms with Gasteiger partial charge in [-0.1, -0.05) is 6.07 Å². The molecule has 1 N–H and O–H groups in total. The smallest absolute Gasteiger partial charge is 0.305 e. The number of carbonyl (C=O) groups is 1. The number of rotatable bonds is 5. The lowest BCUT2D eigenvalue weighted by molar-refractivity contribution is -0.136. The second kappa shape index (κ2) is 4.51. The Morgan fingerprint density at radius 2 is 2.31 bits per heavy atom. The summed E-state index contributed by atoms with van der Waals surface area (Å²) in [6.45, 7) is 2.50. The van der Waals surface area contributed by atoms with E-state index in [4.69, 9.17) is 5.11 Å². The van der Waals surface area contributed by atoms with Crippen molar-refractivity contribution in [2.24, 2.45) is 0 Å². The lowest BCUT2D eigenvalue weighted by Gasteiger charge is -2.22. The van der Waals surface area contributed by atoms with E-state index in [-0.39, 0.29) is 6.42 Å². The standard InChI is InChI=1S/C12H16N2O2/c1-9-3-2-4-11(13-9)14(10-5-6-10)8-7-12(15)16/h2-4,10H,5-8H2,1H3,(H,15,16). The Hall–Kier alpha value is -1.58. The Kier molecular flexibility index (Phi) is 3.08. The topological polar surface area (TPSA) is 53.4 Å². The number of hydrogen-bond acceptors (Lipinski definition) is 3. The molecule has 0 radical (unpaired) electrons. The summed E-state index contributed by atoms with van der Waals surface area (Å²) in [5.74, 6) is 0.155. The Morgan fingerprint density at radius 1 is 1.56 bits per heavy atom. The Morgan fingerprint density at radius 3 is 2.88 bits per heavy atom. The van der Waals surface area contributed by atoms with Gasteiger partial charge in [-0.2, -0.15) is 0 Å². The first-order valence-electron chi connectivity index (χ1n) is 5.59. The molecular weight excluding hydrogens is 204 g/mol. The van der Waals surface area contributed by atoms with Crippen LogP contribution in [0.2, 0.25) is 0 Å². The predicted molar refractivity (Wildman–Crippen MR) is 61.6 cm³/mol. The zero-order chi connectivity index (χ0) is 11.5. The lowest BCUT2D eigenvalue weighted by atomic mass is 10.3. The minimum Gasteiger partial charge on any atom is -0.481 e. The Bertz CT molecular complexity index is 388. The highest BCUT2D eigenvalue weighted by Gasteiger charge is 2.30. The molecule has 1 fully saturated rings. The van der Waals surface area contributed by atoms with E-state index in [0.29, 0.717) is 12.6 Å². The first-order chi connectivity index (χ1) is 7.66. The van der Waals surface area contributed by atoms with Gasteiger partial charge in [0, 0.05) is 18.3 Å². The van der Waals surface area contributed by atoms with Gasteiger partial charge in [-0.15, -0.1) is 0 Å². The fourth-order valence-corrected chi connectivity index (χ4v) is 1.78. The zero-order valence-electron chi connectivity index (χ0n) is 9.39. The SMILES string of the molecule is Cc1cccc(N(CCC(=O)O)C2CC2)n1. The number of pyridine rings is 1.